The number of carbonyl (C=O) groups is 1. The topological polar surface area (TPSA) is 72.5 Å². The normalized spacial score (nSPS) is 26.6. The molecule has 0 radical (unpaired) electrons. The number of nitrogens with two attached hydrogens (primary N) is 1. The Morgan fingerprint density at radius 2 is 2.42 bits per heavy atom. The standard InChI is InChI=1S/C8H15NO3/c9-7(8(10)11)5-6-3-1-2-4-12-6/h6-7H,1-5,9H2,(H,10,11). The van der Waals surface area contributed by atoms with Gasteiger partial charge in [0.05, 0.1) is 6.10 Å². The molecule has 4 nitrogen and oxygen atoms in total. The van der Waals surface area contributed by atoms with E-state index in [-0.39, 0.29) is 6.10 Å². The Morgan fingerprint density at radius 3 is 2.92 bits per heavy atom. The van der Waals surface area contributed by atoms with Gasteiger partial charge in [0.2, 0.25) is 0 Å². The number of rotatable bonds is 3. The van der Waals surface area contributed by atoms with E-state index in [1.807, 2.05) is 0 Å². The van der Waals surface area contributed by atoms with E-state index < -0.39 is 12.0 Å². The maximum absolute atomic E-state index is 10.4. The van der Waals surface area contributed by atoms with Crippen LogP contribution >= 0.6 is 0 Å². The average Bonchev–Trinajstić information content (AvgIpc) is 2.06. The van der Waals surface area contributed by atoms with Crippen molar-refractivity contribution < 1.29 is 14.6 Å². The molecule has 1 saturated heterocycles. The summed E-state index contributed by atoms with van der Waals surface area (Å²) in [5.41, 5.74) is 5.37. The van der Waals surface area contributed by atoms with E-state index in [1.165, 1.54) is 0 Å². The fourth-order valence-corrected chi connectivity index (χ4v) is 1.38. The van der Waals surface area contributed by atoms with Crippen molar-refractivity contribution in [3.05, 3.63) is 0 Å². The third-order valence-electron chi connectivity index (χ3n) is 2.11. The van der Waals surface area contributed by atoms with Gasteiger partial charge in [0.15, 0.2) is 0 Å². The molecular weight excluding hydrogens is 158 g/mol. The van der Waals surface area contributed by atoms with Crippen molar-refractivity contribution >= 4 is 5.97 Å². The zero-order valence-corrected chi connectivity index (χ0v) is 7.03. The molecule has 3 N–H and O–H groups in total. The number of hydrogen-bond donors (Lipinski definition) is 2. The summed E-state index contributed by atoms with van der Waals surface area (Å²) in [4.78, 5) is 10.4. The molecule has 70 valence electrons. The van der Waals surface area contributed by atoms with E-state index in [2.05, 4.69) is 0 Å². The molecule has 0 aromatic rings. The van der Waals surface area contributed by atoms with E-state index in [1.54, 1.807) is 0 Å². The van der Waals surface area contributed by atoms with Crippen LogP contribution in [0.15, 0.2) is 0 Å². The zero-order chi connectivity index (χ0) is 8.97. The Kier molecular flexibility index (Phi) is 3.49. The fourth-order valence-electron chi connectivity index (χ4n) is 1.38. The van der Waals surface area contributed by atoms with Crippen LogP contribution in [0.5, 0.6) is 0 Å². The average molecular weight is 173 g/mol. The minimum Gasteiger partial charge on any atom is -0.480 e. The predicted octanol–water partition coefficient (Wildman–Crippen LogP) is 0.357. The Hall–Kier alpha value is -0.610. The molecule has 1 aliphatic rings. The predicted molar refractivity (Wildman–Crippen MR) is 43.8 cm³/mol. The van der Waals surface area contributed by atoms with Gasteiger partial charge in [-0.25, -0.2) is 0 Å². The summed E-state index contributed by atoms with van der Waals surface area (Å²) in [6, 6.07) is -0.770. The number of carboxylic acids is 1. The van der Waals surface area contributed by atoms with Gasteiger partial charge in [-0.2, -0.15) is 0 Å². The maximum atomic E-state index is 10.4. The molecule has 2 unspecified atom stereocenters. The fraction of sp³-hybridized carbons (Fsp3) is 0.875. The van der Waals surface area contributed by atoms with Crippen molar-refractivity contribution in [2.75, 3.05) is 6.61 Å². The van der Waals surface area contributed by atoms with Gasteiger partial charge in [0.25, 0.3) is 0 Å². The molecule has 1 heterocycles. The number of ether oxygens (including phenoxy) is 1. The number of hydrogen-bond acceptors (Lipinski definition) is 3. The molecule has 12 heavy (non-hydrogen) atoms. The second-order valence-electron chi connectivity index (χ2n) is 3.17. The van der Waals surface area contributed by atoms with Gasteiger partial charge in [0, 0.05) is 6.61 Å². The van der Waals surface area contributed by atoms with Crippen LogP contribution in [0.2, 0.25) is 0 Å². The van der Waals surface area contributed by atoms with Gasteiger partial charge in [-0.05, 0) is 25.7 Å². The minimum atomic E-state index is -0.941. The van der Waals surface area contributed by atoms with Crippen molar-refractivity contribution in [1.82, 2.24) is 0 Å². The second-order valence-corrected chi connectivity index (χ2v) is 3.17. The van der Waals surface area contributed by atoms with Gasteiger partial charge < -0.3 is 15.6 Å². The number of carboxylic acid groups (broad SMARTS) is 1. The van der Waals surface area contributed by atoms with Crippen LogP contribution in [-0.4, -0.2) is 29.8 Å². The first-order valence-corrected chi connectivity index (χ1v) is 4.30. The largest absolute Gasteiger partial charge is 0.480 e. The van der Waals surface area contributed by atoms with Gasteiger partial charge in [-0.3, -0.25) is 4.79 Å². The van der Waals surface area contributed by atoms with Crippen molar-refractivity contribution in [3.8, 4) is 0 Å². The maximum Gasteiger partial charge on any atom is 0.320 e. The van der Waals surface area contributed by atoms with Crippen LogP contribution in [0.1, 0.15) is 25.7 Å². The molecule has 2 atom stereocenters. The molecule has 0 aliphatic carbocycles. The van der Waals surface area contributed by atoms with Crippen molar-refractivity contribution in [3.63, 3.8) is 0 Å². The molecule has 0 aromatic heterocycles. The first-order chi connectivity index (χ1) is 5.70. The van der Waals surface area contributed by atoms with Crippen LogP contribution in [0.25, 0.3) is 0 Å². The molecular formula is C8H15NO3. The lowest BCUT2D eigenvalue weighted by Gasteiger charge is -2.23. The van der Waals surface area contributed by atoms with E-state index in [0.717, 1.165) is 25.9 Å². The third kappa shape index (κ3) is 2.79. The molecule has 0 spiro atoms. The molecule has 1 fully saturated rings. The van der Waals surface area contributed by atoms with Gasteiger partial charge in [0.1, 0.15) is 6.04 Å². The lowest BCUT2D eigenvalue weighted by atomic mass is 10.0. The van der Waals surface area contributed by atoms with Crippen LogP contribution < -0.4 is 5.73 Å². The highest BCUT2D eigenvalue weighted by molar-refractivity contribution is 5.73. The van der Waals surface area contributed by atoms with Crippen LogP contribution in [0, 0.1) is 0 Å². The zero-order valence-electron chi connectivity index (χ0n) is 7.03. The highest BCUT2D eigenvalue weighted by atomic mass is 16.5. The highest BCUT2D eigenvalue weighted by Gasteiger charge is 2.20. The number of aliphatic carboxylic acids is 1. The Balaban J connectivity index is 2.24. The molecule has 0 amide bonds. The first kappa shape index (κ1) is 9.48. The van der Waals surface area contributed by atoms with Crippen molar-refractivity contribution in [2.24, 2.45) is 5.73 Å². The summed E-state index contributed by atoms with van der Waals surface area (Å²) in [6.45, 7) is 0.747. The Labute approximate surface area is 71.7 Å². The molecule has 1 aliphatic heterocycles. The third-order valence-corrected chi connectivity index (χ3v) is 2.11. The van der Waals surface area contributed by atoms with Gasteiger partial charge in [-0.1, -0.05) is 0 Å². The van der Waals surface area contributed by atoms with Gasteiger partial charge >= 0.3 is 5.97 Å². The van der Waals surface area contributed by atoms with Crippen LogP contribution in [0.4, 0.5) is 0 Å². The van der Waals surface area contributed by atoms with Gasteiger partial charge in [-0.15, -0.1) is 0 Å². The van der Waals surface area contributed by atoms with Crippen LogP contribution in [0.3, 0.4) is 0 Å². The quantitative estimate of drug-likeness (QED) is 0.646. The molecule has 4 heteroatoms. The van der Waals surface area contributed by atoms with E-state index in [0.29, 0.717) is 6.42 Å². The smallest absolute Gasteiger partial charge is 0.320 e. The Bertz CT molecular complexity index is 154. The van der Waals surface area contributed by atoms with E-state index in [9.17, 15) is 4.79 Å². The van der Waals surface area contributed by atoms with Crippen molar-refractivity contribution in [1.29, 1.82) is 0 Å². The molecule has 0 bridgehead atoms. The molecule has 1 rings (SSSR count). The monoisotopic (exact) mass is 173 g/mol. The SMILES string of the molecule is NC(CC1CCCCO1)C(=O)O. The first-order valence-electron chi connectivity index (χ1n) is 4.30. The lowest BCUT2D eigenvalue weighted by Crippen LogP contribution is -2.35. The molecule has 0 saturated carbocycles. The summed E-state index contributed by atoms with van der Waals surface area (Å²) >= 11 is 0. The minimum absolute atomic E-state index is 0.0600. The summed E-state index contributed by atoms with van der Waals surface area (Å²) < 4.78 is 5.36. The van der Waals surface area contributed by atoms with E-state index >= 15 is 0 Å². The van der Waals surface area contributed by atoms with Crippen LogP contribution in [-0.2, 0) is 9.53 Å². The lowest BCUT2D eigenvalue weighted by molar-refractivity contribution is -0.139. The summed E-state index contributed by atoms with van der Waals surface area (Å²) in [5.74, 6) is -0.941. The second kappa shape index (κ2) is 4.42. The van der Waals surface area contributed by atoms with E-state index in [4.69, 9.17) is 15.6 Å². The highest BCUT2D eigenvalue weighted by Crippen LogP contribution is 2.16. The van der Waals surface area contributed by atoms with Crippen molar-refractivity contribution in [2.45, 2.75) is 37.8 Å². The summed E-state index contributed by atoms with van der Waals surface area (Å²) in [7, 11) is 0. The molecule has 0 aromatic carbocycles. The Morgan fingerprint density at radius 1 is 1.67 bits per heavy atom. The summed E-state index contributed by atoms with van der Waals surface area (Å²) in [6.07, 6.45) is 3.65. The summed E-state index contributed by atoms with van der Waals surface area (Å²) in [5, 5.41) is 8.53.